The molecule has 1 heterocycles. The van der Waals surface area contributed by atoms with Gasteiger partial charge in [0, 0.05) is 5.56 Å². The van der Waals surface area contributed by atoms with Crippen molar-refractivity contribution in [2.45, 2.75) is 32.2 Å². The maximum absolute atomic E-state index is 13.0. The van der Waals surface area contributed by atoms with Gasteiger partial charge in [-0.1, -0.05) is 55.0 Å². The molecule has 7 nitrogen and oxygen atoms in total. The predicted molar refractivity (Wildman–Crippen MR) is 103 cm³/mol. The molecule has 0 bridgehead atoms. The predicted octanol–water partition coefficient (Wildman–Crippen LogP) is 2.43. The number of ether oxygens (including phenoxy) is 1. The Labute approximate surface area is 163 Å². The Hall–Kier alpha value is -3.35. The number of imide groups is 1. The van der Waals surface area contributed by atoms with Gasteiger partial charge in [0.1, 0.15) is 11.3 Å². The number of hydrogen-bond acceptors (Lipinski definition) is 4. The van der Waals surface area contributed by atoms with E-state index in [0.717, 1.165) is 10.6 Å². The number of aryl methyl sites for hydroxylation is 1. The Balaban J connectivity index is 1.79. The van der Waals surface area contributed by atoms with E-state index in [0.29, 0.717) is 23.3 Å². The lowest BCUT2D eigenvalue weighted by Gasteiger charge is -2.25. The molecule has 2 aromatic carbocycles. The Kier molecular flexibility index (Phi) is 5.35. The maximum atomic E-state index is 13.0. The summed E-state index contributed by atoms with van der Waals surface area (Å²) in [5.41, 5.74) is 3.58. The second kappa shape index (κ2) is 7.72. The minimum absolute atomic E-state index is 0.0215. The van der Waals surface area contributed by atoms with Crippen LogP contribution in [0.1, 0.15) is 30.0 Å². The molecule has 4 amide bonds. The molecule has 0 aromatic heterocycles. The van der Waals surface area contributed by atoms with Gasteiger partial charge in [-0.2, -0.15) is 5.01 Å². The highest BCUT2D eigenvalue weighted by atomic mass is 16.5. The number of urea groups is 1. The number of rotatable bonds is 6. The normalized spacial score (nSPS) is 18.8. The van der Waals surface area contributed by atoms with E-state index < -0.39 is 23.4 Å². The molecule has 2 N–H and O–H groups in total. The lowest BCUT2D eigenvalue weighted by molar-refractivity contribution is -0.139. The Bertz CT molecular complexity index is 913. The van der Waals surface area contributed by atoms with E-state index in [1.54, 1.807) is 30.3 Å². The Morgan fingerprint density at radius 2 is 1.89 bits per heavy atom. The second-order valence-electron chi connectivity index (χ2n) is 6.72. The first-order chi connectivity index (χ1) is 13.4. The third kappa shape index (κ3) is 3.43. The SMILES string of the molecule is CC[C@@]1(c2ccccc2)NC(=O)N(NC(=O)Cc2cc(C)ccc2OC)C1=O. The Morgan fingerprint density at radius 1 is 1.18 bits per heavy atom. The number of hydrogen-bond donors (Lipinski definition) is 2. The molecule has 1 saturated heterocycles. The van der Waals surface area contributed by atoms with Crippen molar-refractivity contribution in [3.8, 4) is 5.75 Å². The van der Waals surface area contributed by atoms with Gasteiger partial charge < -0.3 is 10.1 Å². The van der Waals surface area contributed by atoms with Crippen molar-refractivity contribution < 1.29 is 19.1 Å². The summed E-state index contributed by atoms with van der Waals surface area (Å²) in [6, 6.07) is 13.9. The summed E-state index contributed by atoms with van der Waals surface area (Å²) < 4.78 is 5.28. The molecule has 1 aliphatic rings. The van der Waals surface area contributed by atoms with Gasteiger partial charge in [-0.05, 0) is 25.0 Å². The lowest BCUT2D eigenvalue weighted by Crippen LogP contribution is -2.49. The van der Waals surface area contributed by atoms with Crippen LogP contribution in [-0.4, -0.2) is 30.0 Å². The minimum Gasteiger partial charge on any atom is -0.496 e. The topological polar surface area (TPSA) is 87.7 Å². The maximum Gasteiger partial charge on any atom is 0.344 e. The van der Waals surface area contributed by atoms with Crippen LogP contribution in [0, 0.1) is 6.92 Å². The van der Waals surface area contributed by atoms with Crippen LogP contribution in [0.4, 0.5) is 4.79 Å². The molecule has 146 valence electrons. The zero-order valence-corrected chi connectivity index (χ0v) is 16.1. The molecule has 0 radical (unpaired) electrons. The van der Waals surface area contributed by atoms with E-state index in [1.807, 2.05) is 32.0 Å². The van der Waals surface area contributed by atoms with Gasteiger partial charge in [0.25, 0.3) is 5.91 Å². The Morgan fingerprint density at radius 3 is 2.54 bits per heavy atom. The average Bonchev–Trinajstić information content (AvgIpc) is 2.94. The highest BCUT2D eigenvalue weighted by Crippen LogP contribution is 2.31. The van der Waals surface area contributed by atoms with Gasteiger partial charge in [-0.15, -0.1) is 0 Å². The molecule has 0 spiro atoms. The average molecular weight is 381 g/mol. The zero-order chi connectivity index (χ0) is 20.3. The van der Waals surface area contributed by atoms with Gasteiger partial charge in [-0.25, -0.2) is 4.79 Å². The molecule has 0 saturated carbocycles. The third-order valence-corrected chi connectivity index (χ3v) is 4.91. The highest BCUT2D eigenvalue weighted by Gasteiger charge is 2.52. The fourth-order valence-corrected chi connectivity index (χ4v) is 3.42. The zero-order valence-electron chi connectivity index (χ0n) is 16.1. The summed E-state index contributed by atoms with van der Waals surface area (Å²) in [6.07, 6.45) is 0.339. The van der Waals surface area contributed by atoms with Gasteiger partial charge in [-0.3, -0.25) is 15.0 Å². The first-order valence-electron chi connectivity index (χ1n) is 9.06. The van der Waals surface area contributed by atoms with Crippen molar-refractivity contribution in [2.75, 3.05) is 7.11 Å². The number of carbonyl (C=O) groups excluding carboxylic acids is 3. The van der Waals surface area contributed by atoms with Gasteiger partial charge in [0.2, 0.25) is 5.91 Å². The van der Waals surface area contributed by atoms with Crippen LogP contribution in [0.25, 0.3) is 0 Å². The number of benzene rings is 2. The van der Waals surface area contributed by atoms with Crippen LogP contribution in [0.15, 0.2) is 48.5 Å². The molecule has 0 aliphatic carbocycles. The molecular formula is C21H23N3O4. The van der Waals surface area contributed by atoms with Crippen molar-refractivity contribution in [1.82, 2.24) is 15.8 Å². The molecule has 2 aromatic rings. The van der Waals surface area contributed by atoms with Gasteiger partial charge in [0.05, 0.1) is 13.5 Å². The van der Waals surface area contributed by atoms with Crippen molar-refractivity contribution in [3.63, 3.8) is 0 Å². The van der Waals surface area contributed by atoms with E-state index in [2.05, 4.69) is 10.7 Å². The molecule has 1 aliphatic heterocycles. The van der Waals surface area contributed by atoms with Crippen LogP contribution >= 0.6 is 0 Å². The number of nitrogens with one attached hydrogen (secondary N) is 2. The monoisotopic (exact) mass is 381 g/mol. The number of methoxy groups -OCH3 is 1. The lowest BCUT2D eigenvalue weighted by atomic mass is 9.87. The smallest absolute Gasteiger partial charge is 0.344 e. The summed E-state index contributed by atoms with van der Waals surface area (Å²) in [5.74, 6) is -0.409. The molecule has 0 unspecified atom stereocenters. The molecule has 28 heavy (non-hydrogen) atoms. The molecule has 1 atom stereocenters. The minimum atomic E-state index is -1.19. The summed E-state index contributed by atoms with van der Waals surface area (Å²) >= 11 is 0. The number of amides is 4. The fourth-order valence-electron chi connectivity index (χ4n) is 3.42. The standard InChI is InChI=1S/C21H23N3O4/c1-4-21(16-8-6-5-7-9-16)19(26)24(20(27)22-21)23-18(25)13-15-12-14(2)10-11-17(15)28-3/h5-12H,4,13H2,1-3H3,(H,22,27)(H,23,25)/t21-/m0/s1. The van der Waals surface area contributed by atoms with Gasteiger partial charge in [0.15, 0.2) is 0 Å². The summed E-state index contributed by atoms with van der Waals surface area (Å²) in [6.45, 7) is 3.72. The first-order valence-corrected chi connectivity index (χ1v) is 9.06. The van der Waals surface area contributed by atoms with E-state index in [4.69, 9.17) is 4.74 Å². The summed E-state index contributed by atoms with van der Waals surface area (Å²) in [5, 5.41) is 3.50. The molecule has 3 rings (SSSR count). The summed E-state index contributed by atoms with van der Waals surface area (Å²) in [4.78, 5) is 38.0. The van der Waals surface area contributed by atoms with E-state index in [-0.39, 0.29) is 6.42 Å². The molecular weight excluding hydrogens is 358 g/mol. The van der Waals surface area contributed by atoms with Crippen LogP contribution in [0.5, 0.6) is 5.75 Å². The van der Waals surface area contributed by atoms with Crippen LogP contribution in [0.2, 0.25) is 0 Å². The number of nitrogens with zero attached hydrogens (tertiary/aromatic N) is 1. The van der Waals surface area contributed by atoms with Crippen LogP contribution in [0.3, 0.4) is 0 Å². The van der Waals surface area contributed by atoms with Crippen LogP contribution in [-0.2, 0) is 21.5 Å². The van der Waals surface area contributed by atoms with Crippen molar-refractivity contribution >= 4 is 17.8 Å². The highest BCUT2D eigenvalue weighted by molar-refractivity contribution is 6.08. The van der Waals surface area contributed by atoms with Crippen LogP contribution < -0.4 is 15.5 Å². The van der Waals surface area contributed by atoms with Crippen molar-refractivity contribution in [2.24, 2.45) is 0 Å². The van der Waals surface area contributed by atoms with E-state index in [1.165, 1.54) is 7.11 Å². The fraction of sp³-hybridized carbons (Fsp3) is 0.286. The second-order valence-corrected chi connectivity index (χ2v) is 6.72. The largest absolute Gasteiger partial charge is 0.496 e. The van der Waals surface area contributed by atoms with E-state index >= 15 is 0 Å². The van der Waals surface area contributed by atoms with Gasteiger partial charge >= 0.3 is 6.03 Å². The van der Waals surface area contributed by atoms with Crippen molar-refractivity contribution in [3.05, 3.63) is 65.2 Å². The first kappa shape index (κ1) is 19.4. The number of hydrazine groups is 1. The number of carbonyl (C=O) groups is 3. The third-order valence-electron chi connectivity index (χ3n) is 4.91. The quantitative estimate of drug-likeness (QED) is 0.753. The molecule has 1 fully saturated rings. The summed E-state index contributed by atoms with van der Waals surface area (Å²) in [7, 11) is 1.53. The molecule has 7 heteroatoms. The van der Waals surface area contributed by atoms with Crippen molar-refractivity contribution in [1.29, 1.82) is 0 Å². The van der Waals surface area contributed by atoms with E-state index in [9.17, 15) is 14.4 Å².